The zero-order valence-electron chi connectivity index (χ0n) is 18.2. The lowest BCUT2D eigenvalue weighted by atomic mass is 10.1. The molecule has 0 saturated carbocycles. The Balaban J connectivity index is 1.54. The van der Waals surface area contributed by atoms with Crippen molar-refractivity contribution in [1.82, 2.24) is 16.0 Å². The summed E-state index contributed by atoms with van der Waals surface area (Å²) in [5.74, 6) is -0.840. The van der Waals surface area contributed by atoms with Crippen LogP contribution in [0.3, 0.4) is 0 Å². The van der Waals surface area contributed by atoms with Gasteiger partial charge in [-0.25, -0.2) is 0 Å². The second kappa shape index (κ2) is 11.3. The molecule has 10 nitrogen and oxygen atoms in total. The third-order valence-corrected chi connectivity index (χ3v) is 5.36. The van der Waals surface area contributed by atoms with Gasteiger partial charge in [0.15, 0.2) is 5.96 Å². The number of anilines is 1. The van der Waals surface area contributed by atoms with Gasteiger partial charge in [-0.15, -0.1) is 0 Å². The molecule has 0 fully saturated rings. The fourth-order valence-electron chi connectivity index (χ4n) is 3.31. The van der Waals surface area contributed by atoms with Crippen molar-refractivity contribution in [1.29, 1.82) is 0 Å². The number of amides is 2. The minimum atomic E-state index is -0.570. The van der Waals surface area contributed by atoms with E-state index in [1.165, 1.54) is 24.3 Å². The lowest BCUT2D eigenvalue weighted by molar-refractivity contribution is -0.120. The fourth-order valence-corrected chi connectivity index (χ4v) is 3.85. The number of aromatic hydroxyl groups is 2. The van der Waals surface area contributed by atoms with Gasteiger partial charge in [0.1, 0.15) is 11.5 Å². The van der Waals surface area contributed by atoms with E-state index < -0.39 is 17.9 Å². The number of benzene rings is 2. The predicted molar refractivity (Wildman–Crippen MR) is 130 cm³/mol. The molecule has 2 unspecified atom stereocenters. The Bertz CT molecular complexity index is 1110. The maximum Gasteiger partial charge on any atom is 0.251 e. The van der Waals surface area contributed by atoms with E-state index in [0.717, 1.165) is 0 Å². The number of carbonyl (C=O) groups is 2. The Hall–Kier alpha value is -3.21. The van der Waals surface area contributed by atoms with Gasteiger partial charge in [-0.3, -0.25) is 14.6 Å². The van der Waals surface area contributed by atoms with E-state index >= 15 is 0 Å². The number of phenolic OH excluding ortho intramolecular Hbond substituents is 2. The summed E-state index contributed by atoms with van der Waals surface area (Å²) in [4.78, 5) is 28.9. The van der Waals surface area contributed by atoms with E-state index in [4.69, 9.17) is 23.2 Å². The molecule has 1 heterocycles. The van der Waals surface area contributed by atoms with Gasteiger partial charge in [-0.05, 0) is 43.2 Å². The summed E-state index contributed by atoms with van der Waals surface area (Å²) in [6.07, 6.45) is -0.290. The van der Waals surface area contributed by atoms with Crippen molar-refractivity contribution in [2.24, 2.45) is 4.99 Å². The molecular weight excluding hydrogens is 485 g/mol. The van der Waals surface area contributed by atoms with Crippen molar-refractivity contribution in [3.05, 3.63) is 51.5 Å². The Kier molecular flexibility index (Phi) is 8.43. The van der Waals surface area contributed by atoms with Gasteiger partial charge in [0, 0.05) is 34.9 Å². The SMILES string of the molecule is CC(Cc1cc(Cl)cc(Cl)c1O)NC(=O)CNC(=O)c1cc(O)cc(NC2=NCC(O)CN2)c1. The summed E-state index contributed by atoms with van der Waals surface area (Å²) in [7, 11) is 0. The number of nitrogens with zero attached hydrogens (tertiary/aromatic N) is 1. The van der Waals surface area contributed by atoms with Crippen LogP contribution in [0.15, 0.2) is 35.3 Å². The molecule has 0 bridgehead atoms. The average Bonchev–Trinajstić information content (AvgIpc) is 2.76. The molecule has 0 aliphatic carbocycles. The molecule has 2 aromatic rings. The molecule has 3 rings (SSSR count). The normalized spacial score (nSPS) is 16.1. The summed E-state index contributed by atoms with van der Waals surface area (Å²) < 4.78 is 0. The molecular formula is C22H25Cl2N5O5. The van der Waals surface area contributed by atoms with E-state index in [-0.39, 0.29) is 47.6 Å². The number of rotatable bonds is 7. The molecule has 1 aliphatic heterocycles. The highest BCUT2D eigenvalue weighted by molar-refractivity contribution is 6.35. The minimum absolute atomic E-state index is 0.0978. The van der Waals surface area contributed by atoms with Crippen LogP contribution < -0.4 is 21.3 Å². The number of hydrogen-bond acceptors (Lipinski definition) is 8. The average molecular weight is 510 g/mol. The third kappa shape index (κ3) is 7.14. The van der Waals surface area contributed by atoms with Crippen molar-refractivity contribution in [3.8, 4) is 11.5 Å². The Morgan fingerprint density at radius 1 is 1.21 bits per heavy atom. The van der Waals surface area contributed by atoms with Crippen molar-refractivity contribution >= 4 is 46.7 Å². The smallest absolute Gasteiger partial charge is 0.251 e. The number of guanidine groups is 1. The molecule has 1 aliphatic rings. The molecule has 182 valence electrons. The molecule has 0 saturated heterocycles. The van der Waals surface area contributed by atoms with Crippen molar-refractivity contribution < 1.29 is 24.9 Å². The van der Waals surface area contributed by atoms with Crippen LogP contribution >= 0.6 is 23.2 Å². The van der Waals surface area contributed by atoms with Gasteiger partial charge in [0.25, 0.3) is 5.91 Å². The van der Waals surface area contributed by atoms with Gasteiger partial charge in [-0.1, -0.05) is 23.2 Å². The highest BCUT2D eigenvalue weighted by atomic mass is 35.5. The molecule has 0 radical (unpaired) electrons. The zero-order valence-corrected chi connectivity index (χ0v) is 19.7. The molecule has 2 aromatic carbocycles. The highest BCUT2D eigenvalue weighted by Crippen LogP contribution is 2.31. The monoisotopic (exact) mass is 509 g/mol. The summed E-state index contributed by atoms with van der Waals surface area (Å²) in [6, 6.07) is 6.80. The maximum absolute atomic E-state index is 12.5. The molecule has 34 heavy (non-hydrogen) atoms. The molecule has 0 aromatic heterocycles. The van der Waals surface area contributed by atoms with Crippen LogP contribution in [0.25, 0.3) is 0 Å². The summed E-state index contributed by atoms with van der Waals surface area (Å²) in [6.45, 7) is 2.01. The van der Waals surface area contributed by atoms with Crippen molar-refractivity contribution in [2.75, 3.05) is 25.0 Å². The number of hydrogen-bond donors (Lipinski definition) is 7. The van der Waals surface area contributed by atoms with Crippen molar-refractivity contribution in [2.45, 2.75) is 25.5 Å². The second-order valence-corrected chi connectivity index (χ2v) is 8.71. The first-order valence-electron chi connectivity index (χ1n) is 10.4. The Morgan fingerprint density at radius 3 is 2.68 bits per heavy atom. The quantitative estimate of drug-likeness (QED) is 0.299. The topological polar surface area (TPSA) is 155 Å². The lowest BCUT2D eigenvalue weighted by Crippen LogP contribution is -2.42. The van der Waals surface area contributed by atoms with E-state index in [1.54, 1.807) is 13.0 Å². The summed E-state index contributed by atoms with van der Waals surface area (Å²) in [5.41, 5.74) is 1.03. The van der Waals surface area contributed by atoms with Crippen LogP contribution in [0.4, 0.5) is 5.69 Å². The molecule has 2 atom stereocenters. The minimum Gasteiger partial charge on any atom is -0.508 e. The summed E-state index contributed by atoms with van der Waals surface area (Å²) in [5, 5.41) is 41.1. The summed E-state index contributed by atoms with van der Waals surface area (Å²) >= 11 is 11.9. The number of β-amino-alcohol motifs (C(OH)–C–C–N with tert-alkyl or cyclic N) is 1. The molecule has 7 N–H and O–H groups in total. The Morgan fingerprint density at radius 2 is 1.97 bits per heavy atom. The van der Waals surface area contributed by atoms with Crippen LogP contribution in [0.1, 0.15) is 22.8 Å². The van der Waals surface area contributed by atoms with E-state index in [1.807, 2.05) is 0 Å². The van der Waals surface area contributed by atoms with Crippen LogP contribution in [0, 0.1) is 0 Å². The maximum atomic E-state index is 12.5. The molecule has 12 heteroatoms. The van der Waals surface area contributed by atoms with Gasteiger partial charge in [0.05, 0.1) is 24.2 Å². The first-order valence-corrected chi connectivity index (χ1v) is 11.2. The number of aliphatic imine (C=N–C) groups is 1. The first kappa shape index (κ1) is 25.4. The van der Waals surface area contributed by atoms with E-state index in [2.05, 4.69) is 26.3 Å². The van der Waals surface area contributed by atoms with Gasteiger partial charge in [0.2, 0.25) is 5.91 Å². The highest BCUT2D eigenvalue weighted by Gasteiger charge is 2.16. The number of carbonyl (C=O) groups excluding carboxylic acids is 2. The van der Waals surface area contributed by atoms with Crippen molar-refractivity contribution in [3.63, 3.8) is 0 Å². The van der Waals surface area contributed by atoms with Crippen LogP contribution in [-0.2, 0) is 11.2 Å². The predicted octanol–water partition coefficient (Wildman–Crippen LogP) is 1.61. The van der Waals surface area contributed by atoms with Gasteiger partial charge in [-0.2, -0.15) is 0 Å². The number of nitrogens with one attached hydrogen (secondary N) is 4. The Labute approximate surface area is 206 Å². The standard InChI is InChI=1S/C22H25Cl2N5O5/c1-11(2-12-3-14(23)6-18(24)20(12)33)28-19(32)10-25-21(34)13-4-15(7-16(30)5-13)29-22-26-8-17(31)9-27-22/h3-7,11,17,30-31,33H,2,8-10H2,1H3,(H,25,34)(H,28,32)(H2,26,27,29). The fraction of sp³-hybridized carbons (Fsp3) is 0.318. The van der Waals surface area contributed by atoms with Gasteiger partial charge >= 0.3 is 0 Å². The van der Waals surface area contributed by atoms with Gasteiger partial charge < -0.3 is 36.6 Å². The first-order chi connectivity index (χ1) is 16.1. The van der Waals surface area contributed by atoms with E-state index in [9.17, 15) is 24.9 Å². The third-order valence-electron chi connectivity index (χ3n) is 4.86. The van der Waals surface area contributed by atoms with E-state index in [0.29, 0.717) is 28.8 Å². The number of aliphatic hydroxyl groups excluding tert-OH is 1. The number of aliphatic hydroxyl groups is 1. The molecule has 2 amide bonds. The largest absolute Gasteiger partial charge is 0.508 e. The van der Waals surface area contributed by atoms with Crippen LogP contribution in [0.2, 0.25) is 10.0 Å². The number of phenols is 2. The van der Waals surface area contributed by atoms with Crippen LogP contribution in [0.5, 0.6) is 11.5 Å². The zero-order chi connectivity index (χ0) is 24.8. The van der Waals surface area contributed by atoms with Crippen LogP contribution in [-0.4, -0.2) is 64.9 Å². The molecule has 0 spiro atoms. The lowest BCUT2D eigenvalue weighted by Gasteiger charge is -2.20. The second-order valence-electron chi connectivity index (χ2n) is 7.87. The number of halogens is 2.